The van der Waals surface area contributed by atoms with E-state index in [0.717, 1.165) is 38.2 Å². The minimum Gasteiger partial charge on any atom is -0.376 e. The number of nitrogens with zero attached hydrogens (tertiary/aromatic N) is 1. The van der Waals surface area contributed by atoms with Gasteiger partial charge in [0.25, 0.3) is 0 Å². The van der Waals surface area contributed by atoms with Gasteiger partial charge in [-0.3, -0.25) is 0 Å². The maximum atomic E-state index is 11.8. The molecule has 0 bridgehead atoms. The van der Waals surface area contributed by atoms with Gasteiger partial charge in [-0.15, -0.1) is 0 Å². The maximum absolute atomic E-state index is 11.8. The molecule has 2 saturated heterocycles. The highest BCUT2D eigenvalue weighted by molar-refractivity contribution is 5.89. The summed E-state index contributed by atoms with van der Waals surface area (Å²) in [4.78, 5) is 14.2. The van der Waals surface area contributed by atoms with Crippen LogP contribution in [-0.4, -0.2) is 38.4 Å². The summed E-state index contributed by atoms with van der Waals surface area (Å²) in [5.41, 5.74) is 2.06. The van der Waals surface area contributed by atoms with E-state index in [1.807, 2.05) is 12.1 Å². The lowest BCUT2D eigenvalue weighted by atomic mass is 10.2. The molecule has 5 heteroatoms. The first-order valence-corrected chi connectivity index (χ1v) is 7.83. The van der Waals surface area contributed by atoms with Crippen LogP contribution >= 0.6 is 0 Å². The SMILES string of the molecule is O=C(NCC1CCCO1)Nc1ccc(N2CCCC2)cc1. The van der Waals surface area contributed by atoms with E-state index in [1.165, 1.54) is 18.5 Å². The highest BCUT2D eigenvalue weighted by atomic mass is 16.5. The molecule has 1 aromatic carbocycles. The fourth-order valence-corrected chi connectivity index (χ4v) is 2.92. The van der Waals surface area contributed by atoms with Crippen LogP contribution in [0.3, 0.4) is 0 Å². The summed E-state index contributed by atoms with van der Waals surface area (Å²) >= 11 is 0. The molecule has 114 valence electrons. The number of hydrogen-bond donors (Lipinski definition) is 2. The molecule has 1 atom stereocenters. The van der Waals surface area contributed by atoms with Gasteiger partial charge in [-0.05, 0) is 49.9 Å². The normalized spacial score (nSPS) is 21.5. The van der Waals surface area contributed by atoms with Gasteiger partial charge < -0.3 is 20.3 Å². The summed E-state index contributed by atoms with van der Waals surface area (Å²) in [6, 6.07) is 7.89. The Labute approximate surface area is 125 Å². The third-order valence-electron chi connectivity index (χ3n) is 4.11. The summed E-state index contributed by atoms with van der Waals surface area (Å²) in [5, 5.41) is 5.72. The van der Waals surface area contributed by atoms with E-state index < -0.39 is 0 Å². The van der Waals surface area contributed by atoms with E-state index in [0.29, 0.717) is 6.54 Å². The quantitative estimate of drug-likeness (QED) is 0.896. The number of nitrogens with one attached hydrogen (secondary N) is 2. The van der Waals surface area contributed by atoms with Crippen LogP contribution in [0.2, 0.25) is 0 Å². The van der Waals surface area contributed by atoms with E-state index >= 15 is 0 Å². The van der Waals surface area contributed by atoms with E-state index in [4.69, 9.17) is 4.74 Å². The zero-order chi connectivity index (χ0) is 14.5. The molecule has 0 radical (unpaired) electrons. The topological polar surface area (TPSA) is 53.6 Å². The van der Waals surface area contributed by atoms with Crippen LogP contribution in [0.4, 0.5) is 16.2 Å². The van der Waals surface area contributed by atoms with Gasteiger partial charge in [0.1, 0.15) is 0 Å². The molecule has 2 amide bonds. The van der Waals surface area contributed by atoms with Crippen molar-refractivity contribution in [1.82, 2.24) is 5.32 Å². The van der Waals surface area contributed by atoms with Gasteiger partial charge >= 0.3 is 6.03 Å². The zero-order valence-electron chi connectivity index (χ0n) is 12.3. The van der Waals surface area contributed by atoms with E-state index in [9.17, 15) is 4.79 Å². The molecule has 2 N–H and O–H groups in total. The van der Waals surface area contributed by atoms with E-state index in [1.54, 1.807) is 0 Å². The van der Waals surface area contributed by atoms with Crippen molar-refractivity contribution in [3.63, 3.8) is 0 Å². The lowest BCUT2D eigenvalue weighted by Gasteiger charge is -2.18. The number of rotatable bonds is 4. The standard InChI is InChI=1S/C16H23N3O2/c20-16(17-12-15-4-3-11-21-15)18-13-5-7-14(8-6-13)19-9-1-2-10-19/h5-8,15H,1-4,9-12H2,(H2,17,18,20). The van der Waals surface area contributed by atoms with Crippen LogP contribution in [0.15, 0.2) is 24.3 Å². The third kappa shape index (κ3) is 3.88. The Hall–Kier alpha value is -1.75. The first kappa shape index (κ1) is 14.2. The van der Waals surface area contributed by atoms with Gasteiger partial charge in [0.05, 0.1) is 6.10 Å². The number of anilines is 2. The van der Waals surface area contributed by atoms with Crippen molar-refractivity contribution >= 4 is 17.4 Å². The van der Waals surface area contributed by atoms with Gasteiger partial charge in [0.15, 0.2) is 0 Å². The molecule has 2 aliphatic rings. The van der Waals surface area contributed by atoms with Crippen molar-refractivity contribution in [1.29, 1.82) is 0 Å². The van der Waals surface area contributed by atoms with Crippen LogP contribution in [0.1, 0.15) is 25.7 Å². The second-order valence-corrected chi connectivity index (χ2v) is 5.71. The smallest absolute Gasteiger partial charge is 0.319 e. The molecule has 0 saturated carbocycles. The minimum absolute atomic E-state index is 0.167. The highest BCUT2D eigenvalue weighted by Gasteiger charge is 2.16. The molecule has 1 aromatic rings. The molecular weight excluding hydrogens is 266 g/mol. The van der Waals surface area contributed by atoms with Gasteiger partial charge in [0.2, 0.25) is 0 Å². The predicted molar refractivity (Wildman–Crippen MR) is 83.9 cm³/mol. The molecule has 3 rings (SSSR count). The Kier molecular flexibility index (Phi) is 4.60. The van der Waals surface area contributed by atoms with Crippen LogP contribution in [0, 0.1) is 0 Å². The molecule has 0 spiro atoms. The summed E-state index contributed by atoms with van der Waals surface area (Å²) < 4.78 is 5.48. The Morgan fingerprint density at radius 2 is 1.95 bits per heavy atom. The van der Waals surface area contributed by atoms with Gasteiger partial charge in [0, 0.05) is 37.6 Å². The summed E-state index contributed by atoms with van der Waals surface area (Å²) in [7, 11) is 0. The fourth-order valence-electron chi connectivity index (χ4n) is 2.92. The van der Waals surface area contributed by atoms with Gasteiger partial charge in [-0.2, -0.15) is 0 Å². The lowest BCUT2D eigenvalue weighted by molar-refractivity contribution is 0.112. The van der Waals surface area contributed by atoms with Crippen molar-refractivity contribution in [2.45, 2.75) is 31.8 Å². The molecule has 21 heavy (non-hydrogen) atoms. The van der Waals surface area contributed by atoms with Crippen LogP contribution in [-0.2, 0) is 4.74 Å². The first-order chi connectivity index (χ1) is 10.3. The number of carbonyl (C=O) groups is 1. The Morgan fingerprint density at radius 3 is 2.62 bits per heavy atom. The second-order valence-electron chi connectivity index (χ2n) is 5.71. The van der Waals surface area contributed by atoms with Crippen molar-refractivity contribution < 1.29 is 9.53 Å². The average molecular weight is 289 g/mol. The Bertz CT molecular complexity index is 463. The predicted octanol–water partition coefficient (Wildman–Crippen LogP) is 2.59. The molecule has 0 aliphatic carbocycles. The molecular formula is C16H23N3O2. The number of benzene rings is 1. The third-order valence-corrected chi connectivity index (χ3v) is 4.11. The Balaban J connectivity index is 1.46. The van der Waals surface area contributed by atoms with Crippen molar-refractivity contribution in [3.8, 4) is 0 Å². The van der Waals surface area contributed by atoms with Crippen LogP contribution in [0.5, 0.6) is 0 Å². The van der Waals surface area contributed by atoms with Gasteiger partial charge in [-0.25, -0.2) is 4.79 Å². The molecule has 2 aliphatic heterocycles. The number of hydrogen-bond acceptors (Lipinski definition) is 3. The van der Waals surface area contributed by atoms with Crippen molar-refractivity contribution in [3.05, 3.63) is 24.3 Å². The fraction of sp³-hybridized carbons (Fsp3) is 0.562. The Morgan fingerprint density at radius 1 is 1.19 bits per heavy atom. The number of urea groups is 1. The summed E-state index contributed by atoms with van der Waals surface area (Å²) in [6.07, 6.45) is 4.84. The number of ether oxygens (including phenoxy) is 1. The number of amides is 2. The summed E-state index contributed by atoms with van der Waals surface area (Å²) in [6.45, 7) is 3.66. The molecule has 1 unspecified atom stereocenters. The second kappa shape index (κ2) is 6.80. The van der Waals surface area contributed by atoms with Gasteiger partial charge in [-0.1, -0.05) is 0 Å². The van der Waals surface area contributed by atoms with Crippen molar-refractivity contribution in [2.75, 3.05) is 36.5 Å². The zero-order valence-corrected chi connectivity index (χ0v) is 12.3. The first-order valence-electron chi connectivity index (χ1n) is 7.83. The molecule has 5 nitrogen and oxygen atoms in total. The minimum atomic E-state index is -0.167. The van der Waals surface area contributed by atoms with Crippen molar-refractivity contribution in [2.24, 2.45) is 0 Å². The summed E-state index contributed by atoms with van der Waals surface area (Å²) in [5.74, 6) is 0. The van der Waals surface area contributed by atoms with E-state index in [2.05, 4.69) is 27.7 Å². The molecule has 2 heterocycles. The lowest BCUT2D eigenvalue weighted by Crippen LogP contribution is -2.35. The van der Waals surface area contributed by atoms with Crippen LogP contribution in [0.25, 0.3) is 0 Å². The number of carbonyl (C=O) groups excluding carboxylic acids is 1. The van der Waals surface area contributed by atoms with E-state index in [-0.39, 0.29) is 12.1 Å². The maximum Gasteiger partial charge on any atom is 0.319 e. The monoisotopic (exact) mass is 289 g/mol. The molecule has 2 fully saturated rings. The molecule has 0 aromatic heterocycles. The largest absolute Gasteiger partial charge is 0.376 e. The average Bonchev–Trinajstić information content (AvgIpc) is 3.19. The van der Waals surface area contributed by atoms with Crippen LogP contribution < -0.4 is 15.5 Å². The highest BCUT2D eigenvalue weighted by Crippen LogP contribution is 2.22.